The number of nitriles is 1. The quantitative estimate of drug-likeness (QED) is 0.498. The zero-order valence-electron chi connectivity index (χ0n) is 18.7. The molecule has 35 heavy (non-hydrogen) atoms. The van der Waals surface area contributed by atoms with Gasteiger partial charge in [0.1, 0.15) is 34.1 Å². The van der Waals surface area contributed by atoms with Crippen molar-refractivity contribution in [3.05, 3.63) is 42.0 Å². The summed E-state index contributed by atoms with van der Waals surface area (Å²) in [4.78, 5) is 34.8. The van der Waals surface area contributed by atoms with Gasteiger partial charge < -0.3 is 15.3 Å². The van der Waals surface area contributed by atoms with Crippen LogP contribution >= 0.6 is 11.8 Å². The van der Waals surface area contributed by atoms with Crippen molar-refractivity contribution >= 4 is 56.5 Å². The number of para-hydroxylation sites is 2. The van der Waals surface area contributed by atoms with Gasteiger partial charge in [0.25, 0.3) is 5.91 Å². The fourth-order valence-corrected chi connectivity index (χ4v) is 5.69. The lowest BCUT2D eigenvalue weighted by atomic mass is 10.2. The Kier molecular flexibility index (Phi) is 6.55. The standard InChI is InChI=1S/C21H21N7O5S2/c1-3-27-14-7-5-4-6-13(14)24-18(27)12(8-22)17-16(35(2,32)33)9-23-20(25-17)26-19(29)15-10-34-11-28(15)21(30)31/h4-7,9,15,24H,3,10-11H2,1-2H3,(H,30,31)(H,23,25,26,29)/t15-/m1/s1. The minimum Gasteiger partial charge on any atom is -0.465 e. The van der Waals surface area contributed by atoms with Gasteiger partial charge in [0.15, 0.2) is 9.84 Å². The summed E-state index contributed by atoms with van der Waals surface area (Å²) in [6.07, 6.45) is 0.774. The predicted molar refractivity (Wildman–Crippen MR) is 130 cm³/mol. The van der Waals surface area contributed by atoms with Gasteiger partial charge >= 0.3 is 6.09 Å². The molecule has 12 nitrogen and oxygen atoms in total. The maximum Gasteiger partial charge on any atom is 0.408 e. The maximum atomic E-state index is 12.7. The van der Waals surface area contributed by atoms with Crippen LogP contribution in [0.15, 0.2) is 41.2 Å². The molecule has 1 saturated heterocycles. The average Bonchev–Trinajstić information content (AvgIpc) is 3.44. The third-order valence-electron chi connectivity index (χ3n) is 5.44. The molecule has 1 fully saturated rings. The molecular formula is C21H21N7O5S2. The number of nitrogens with one attached hydrogen (secondary N) is 2. The second-order valence-electron chi connectivity index (χ2n) is 7.66. The summed E-state index contributed by atoms with van der Waals surface area (Å²) in [7, 11) is -3.85. The van der Waals surface area contributed by atoms with Crippen LogP contribution in [0.2, 0.25) is 0 Å². The molecule has 0 radical (unpaired) electrons. The Bertz CT molecular complexity index is 1390. The molecule has 2 aliphatic heterocycles. The van der Waals surface area contributed by atoms with Crippen LogP contribution in [0, 0.1) is 11.3 Å². The molecule has 14 heteroatoms. The minimum atomic E-state index is -3.85. The Morgan fingerprint density at radius 2 is 2.11 bits per heavy atom. The monoisotopic (exact) mass is 515 g/mol. The van der Waals surface area contributed by atoms with Gasteiger partial charge in [-0.15, -0.1) is 11.8 Å². The molecular weight excluding hydrogens is 494 g/mol. The van der Waals surface area contributed by atoms with Gasteiger partial charge in [-0.3, -0.25) is 15.0 Å². The van der Waals surface area contributed by atoms with E-state index in [-0.39, 0.29) is 33.7 Å². The van der Waals surface area contributed by atoms with Crippen molar-refractivity contribution in [1.82, 2.24) is 14.9 Å². The molecule has 1 aromatic heterocycles. The number of benzene rings is 1. The molecule has 0 aliphatic carbocycles. The number of allylic oxidation sites excluding steroid dienone is 1. The Morgan fingerprint density at radius 3 is 2.77 bits per heavy atom. The molecule has 4 rings (SSSR count). The summed E-state index contributed by atoms with van der Waals surface area (Å²) in [6, 6.07) is 8.47. The lowest BCUT2D eigenvalue weighted by Gasteiger charge is -2.20. The number of fused-ring (bicyclic) bond motifs is 1. The molecule has 3 N–H and O–H groups in total. The number of anilines is 3. The lowest BCUT2D eigenvalue weighted by molar-refractivity contribution is -0.119. The first-order chi connectivity index (χ1) is 16.7. The van der Waals surface area contributed by atoms with Crippen LogP contribution in [0.1, 0.15) is 12.6 Å². The van der Waals surface area contributed by atoms with Crippen molar-refractivity contribution in [3.8, 4) is 6.07 Å². The molecule has 1 atom stereocenters. The first kappa shape index (κ1) is 24.3. The van der Waals surface area contributed by atoms with Gasteiger partial charge in [-0.2, -0.15) is 5.26 Å². The Labute approximate surface area is 205 Å². The Morgan fingerprint density at radius 1 is 1.37 bits per heavy atom. The number of carboxylic acid groups (broad SMARTS) is 1. The molecule has 0 unspecified atom stereocenters. The van der Waals surface area contributed by atoms with Crippen LogP contribution in [0.5, 0.6) is 0 Å². The minimum absolute atomic E-state index is 0.0510. The molecule has 0 spiro atoms. The third kappa shape index (κ3) is 4.60. The highest BCUT2D eigenvalue weighted by Gasteiger charge is 2.35. The molecule has 2 amide bonds. The smallest absolute Gasteiger partial charge is 0.408 e. The number of aromatic nitrogens is 2. The van der Waals surface area contributed by atoms with Crippen LogP contribution in [-0.4, -0.2) is 70.9 Å². The number of nitrogens with zero attached hydrogens (tertiary/aromatic N) is 5. The molecule has 1 aromatic carbocycles. The number of hydrogen-bond donors (Lipinski definition) is 3. The molecule has 182 valence electrons. The maximum absolute atomic E-state index is 12.7. The average molecular weight is 516 g/mol. The number of amides is 2. The van der Waals surface area contributed by atoms with Gasteiger partial charge in [0.2, 0.25) is 5.95 Å². The fourth-order valence-electron chi connectivity index (χ4n) is 3.80. The van der Waals surface area contributed by atoms with E-state index in [0.717, 1.165) is 28.7 Å². The number of hydrogen-bond acceptors (Lipinski definition) is 10. The lowest BCUT2D eigenvalue weighted by Crippen LogP contribution is -2.44. The SMILES string of the molecule is CCN1C(=C(C#N)c2nc(NC(=O)[C@H]3CSCN3C(=O)O)ncc2S(C)(=O)=O)Nc2ccccc21. The molecule has 2 aliphatic rings. The van der Waals surface area contributed by atoms with E-state index in [9.17, 15) is 28.4 Å². The van der Waals surface area contributed by atoms with Crippen molar-refractivity contribution in [2.45, 2.75) is 17.9 Å². The zero-order valence-corrected chi connectivity index (χ0v) is 20.4. The highest BCUT2D eigenvalue weighted by atomic mass is 32.2. The summed E-state index contributed by atoms with van der Waals surface area (Å²) < 4.78 is 25.0. The van der Waals surface area contributed by atoms with Gasteiger partial charge in [-0.05, 0) is 19.1 Å². The number of carbonyl (C=O) groups is 2. The van der Waals surface area contributed by atoms with Crippen LogP contribution in [-0.2, 0) is 14.6 Å². The first-order valence-electron chi connectivity index (χ1n) is 10.4. The summed E-state index contributed by atoms with van der Waals surface area (Å²) in [5, 5.41) is 25.0. The topological polar surface area (TPSA) is 169 Å². The summed E-state index contributed by atoms with van der Waals surface area (Å²) in [6.45, 7) is 2.37. The van der Waals surface area contributed by atoms with E-state index in [0.29, 0.717) is 12.4 Å². The van der Waals surface area contributed by atoms with E-state index in [2.05, 4.69) is 20.6 Å². The Hall–Kier alpha value is -3.83. The van der Waals surface area contributed by atoms with Crippen molar-refractivity contribution in [2.75, 3.05) is 40.0 Å². The Balaban J connectivity index is 1.78. The fraction of sp³-hybridized carbons (Fsp3) is 0.286. The second-order valence-corrected chi connectivity index (χ2v) is 10.6. The third-order valence-corrected chi connectivity index (χ3v) is 7.55. The molecule has 0 saturated carbocycles. The largest absolute Gasteiger partial charge is 0.465 e. The molecule has 0 bridgehead atoms. The van der Waals surface area contributed by atoms with E-state index in [1.54, 1.807) is 0 Å². The van der Waals surface area contributed by atoms with Gasteiger partial charge in [-0.25, -0.2) is 23.2 Å². The van der Waals surface area contributed by atoms with Crippen molar-refractivity contribution in [1.29, 1.82) is 5.26 Å². The summed E-state index contributed by atoms with van der Waals surface area (Å²) in [5.74, 6) is -0.139. The zero-order chi connectivity index (χ0) is 25.3. The normalized spacial score (nSPS) is 18.5. The second kappa shape index (κ2) is 9.43. The number of rotatable bonds is 5. The summed E-state index contributed by atoms with van der Waals surface area (Å²) >= 11 is 1.29. The van der Waals surface area contributed by atoms with Gasteiger partial charge in [-0.1, -0.05) is 12.1 Å². The van der Waals surface area contributed by atoms with E-state index in [1.807, 2.05) is 42.2 Å². The van der Waals surface area contributed by atoms with Gasteiger partial charge in [0.05, 0.1) is 23.4 Å². The number of carbonyl (C=O) groups excluding carboxylic acids is 1. The van der Waals surface area contributed by atoms with Crippen LogP contribution in [0.4, 0.5) is 22.1 Å². The van der Waals surface area contributed by atoms with E-state index < -0.39 is 27.9 Å². The summed E-state index contributed by atoms with van der Waals surface area (Å²) in [5.41, 5.74) is 1.33. The highest BCUT2D eigenvalue weighted by molar-refractivity contribution is 7.99. The van der Waals surface area contributed by atoms with E-state index in [1.165, 1.54) is 11.8 Å². The van der Waals surface area contributed by atoms with E-state index in [4.69, 9.17) is 0 Å². The first-order valence-corrected chi connectivity index (χ1v) is 13.4. The number of sulfone groups is 1. The van der Waals surface area contributed by atoms with Crippen molar-refractivity contribution in [3.63, 3.8) is 0 Å². The van der Waals surface area contributed by atoms with Crippen molar-refractivity contribution < 1.29 is 23.1 Å². The van der Waals surface area contributed by atoms with Gasteiger partial charge in [0, 0.05) is 18.6 Å². The van der Waals surface area contributed by atoms with Crippen LogP contribution in [0.3, 0.4) is 0 Å². The molecule has 2 aromatic rings. The van der Waals surface area contributed by atoms with Crippen LogP contribution in [0.25, 0.3) is 5.57 Å². The van der Waals surface area contributed by atoms with Crippen LogP contribution < -0.4 is 15.5 Å². The molecule has 3 heterocycles. The predicted octanol–water partition coefficient (Wildman–Crippen LogP) is 2.02. The number of thioether (sulfide) groups is 1. The van der Waals surface area contributed by atoms with Crippen molar-refractivity contribution in [2.24, 2.45) is 0 Å². The van der Waals surface area contributed by atoms with E-state index >= 15 is 0 Å². The highest BCUT2D eigenvalue weighted by Crippen LogP contribution is 2.39.